The zero-order chi connectivity index (χ0) is 43.8. The van der Waals surface area contributed by atoms with Gasteiger partial charge in [-0.15, -0.1) is 0 Å². The minimum Gasteiger partial charge on any atom is -0.478 e. The van der Waals surface area contributed by atoms with Gasteiger partial charge in [0.2, 0.25) is 0 Å². The fraction of sp³-hybridized carbons (Fsp3) is 0.740. The monoisotopic (exact) mass is 839 g/mol. The van der Waals surface area contributed by atoms with Crippen LogP contribution in [0.1, 0.15) is 225 Å². The third kappa shape index (κ3) is 21.2. The lowest BCUT2D eigenvalue weighted by atomic mass is 9.78. The van der Waals surface area contributed by atoms with Gasteiger partial charge in [0.15, 0.2) is 0 Å². The minimum atomic E-state index is -1.24. The molecular formula is C50H82N2O8. The fourth-order valence-corrected chi connectivity index (χ4v) is 8.46. The maximum atomic E-state index is 12.9. The molecule has 0 atom stereocenters. The van der Waals surface area contributed by atoms with Gasteiger partial charge in [0.05, 0.1) is 30.2 Å². The van der Waals surface area contributed by atoms with Crippen molar-refractivity contribution in [2.24, 2.45) is 0 Å². The molecule has 340 valence electrons. The molecule has 1 aliphatic rings. The van der Waals surface area contributed by atoms with E-state index in [1.165, 1.54) is 128 Å². The van der Waals surface area contributed by atoms with E-state index in [4.69, 9.17) is 9.47 Å². The van der Waals surface area contributed by atoms with Crippen LogP contribution in [-0.4, -0.2) is 63.7 Å². The second kappa shape index (κ2) is 33.0. The molecule has 0 aliphatic carbocycles. The van der Waals surface area contributed by atoms with Gasteiger partial charge in [0.25, 0.3) is 0 Å². The number of pyridine rings is 1. The number of carboxylic acid groups (broad SMARTS) is 2. The predicted octanol–water partition coefficient (Wildman–Crippen LogP) is 12.8. The molecular weight excluding hydrogens is 757 g/mol. The molecule has 1 aromatic heterocycles. The normalized spacial score (nSPS) is 13.3. The lowest BCUT2D eigenvalue weighted by molar-refractivity contribution is -0.144. The molecule has 0 saturated carbocycles. The summed E-state index contributed by atoms with van der Waals surface area (Å²) in [5.74, 6) is -4.17. The maximum Gasteiger partial charge on any atom is 0.334 e. The van der Waals surface area contributed by atoms with Crippen LogP contribution in [0.25, 0.3) is 0 Å². The van der Waals surface area contributed by atoms with Crippen molar-refractivity contribution in [3.05, 3.63) is 52.1 Å². The van der Waals surface area contributed by atoms with Gasteiger partial charge < -0.3 is 24.6 Å². The summed E-state index contributed by atoms with van der Waals surface area (Å²) in [5, 5.41) is 21.0. The van der Waals surface area contributed by atoms with Crippen molar-refractivity contribution in [2.75, 3.05) is 19.8 Å². The number of esters is 2. The molecule has 0 aromatic carbocycles. The summed E-state index contributed by atoms with van der Waals surface area (Å²) in [6, 6.07) is 3.36. The molecule has 0 amide bonds. The first kappa shape index (κ1) is 52.4. The van der Waals surface area contributed by atoms with Crippen LogP contribution in [0.5, 0.6) is 0 Å². The molecule has 0 bridgehead atoms. The number of allylic oxidation sites excluding steroid dienone is 2. The lowest BCUT2D eigenvalue weighted by Gasteiger charge is -2.37. The highest BCUT2D eigenvalue weighted by atomic mass is 16.5. The van der Waals surface area contributed by atoms with E-state index < -0.39 is 17.9 Å². The Morgan fingerprint density at radius 2 is 0.933 bits per heavy atom. The van der Waals surface area contributed by atoms with E-state index in [9.17, 15) is 29.4 Å². The van der Waals surface area contributed by atoms with Gasteiger partial charge in [-0.25, -0.2) is 9.59 Å². The second-order valence-corrected chi connectivity index (χ2v) is 16.9. The molecule has 10 nitrogen and oxygen atoms in total. The summed E-state index contributed by atoms with van der Waals surface area (Å²) < 4.78 is 11.1. The number of carboxylic acids is 2. The van der Waals surface area contributed by atoms with Gasteiger partial charge in [0, 0.05) is 42.5 Å². The van der Waals surface area contributed by atoms with Crippen LogP contribution < -0.4 is 0 Å². The molecule has 0 unspecified atom stereocenters. The zero-order valence-corrected chi connectivity index (χ0v) is 38.2. The number of hydrogen-bond donors (Lipinski definition) is 2. The molecule has 10 heteroatoms. The Hall–Kier alpha value is -3.69. The molecule has 0 fully saturated rings. The largest absolute Gasteiger partial charge is 0.478 e. The Labute approximate surface area is 363 Å². The van der Waals surface area contributed by atoms with Crippen molar-refractivity contribution >= 4 is 23.9 Å². The van der Waals surface area contributed by atoms with E-state index in [0.29, 0.717) is 35.5 Å². The molecule has 2 N–H and O–H groups in total. The SMILES string of the molecule is CCCCCCCCCCCCCCCC(=O)OCCc1ncccc1C1C(C(=O)O)=C(C)N(CCOC(=O)CCCCCCCCCCCCCCC)C(C)=C1C(=O)O. The van der Waals surface area contributed by atoms with Gasteiger partial charge in [0.1, 0.15) is 6.61 Å². The number of carbonyl (C=O) groups is 4. The van der Waals surface area contributed by atoms with Crippen molar-refractivity contribution in [3.8, 4) is 0 Å². The van der Waals surface area contributed by atoms with Crippen molar-refractivity contribution in [1.29, 1.82) is 0 Å². The highest BCUT2D eigenvalue weighted by molar-refractivity contribution is 5.98. The summed E-state index contributed by atoms with van der Waals surface area (Å²) in [7, 11) is 0. The smallest absolute Gasteiger partial charge is 0.334 e. The van der Waals surface area contributed by atoms with E-state index in [1.807, 2.05) is 0 Å². The number of aromatic nitrogens is 1. The first-order valence-corrected chi connectivity index (χ1v) is 24.0. The standard InChI is InChI=1S/C50H82N2O8/c1-5-7-9-11-13-15-17-19-21-23-25-27-29-33-44(53)59-38-35-43-42(32-31-36-51-43)48-46(49(55)56)40(3)52(41(4)47(48)50(57)58)37-39-60-45(54)34-30-28-26-24-22-20-18-16-14-12-10-8-6-2/h31-32,36,48H,5-30,33-35,37-39H2,1-4H3,(H,55,56)(H,57,58). The Balaban J connectivity index is 1.82. The Morgan fingerprint density at radius 3 is 1.32 bits per heavy atom. The van der Waals surface area contributed by atoms with Crippen molar-refractivity contribution in [1.82, 2.24) is 9.88 Å². The molecule has 1 aliphatic heterocycles. The van der Waals surface area contributed by atoms with Crippen molar-refractivity contribution in [3.63, 3.8) is 0 Å². The Bertz CT molecular complexity index is 1420. The van der Waals surface area contributed by atoms with Gasteiger partial charge in [-0.05, 0) is 38.3 Å². The number of carbonyl (C=O) groups excluding carboxylic acids is 2. The Kier molecular flexibility index (Phi) is 28.8. The third-order valence-corrected chi connectivity index (χ3v) is 12.0. The number of hydrogen-bond acceptors (Lipinski definition) is 8. The summed E-state index contributed by atoms with van der Waals surface area (Å²) in [5.41, 5.74) is 1.52. The molecule has 0 spiro atoms. The van der Waals surface area contributed by atoms with Crippen LogP contribution >= 0.6 is 0 Å². The molecule has 60 heavy (non-hydrogen) atoms. The number of nitrogens with zero attached hydrogens (tertiary/aromatic N) is 2. The third-order valence-electron chi connectivity index (χ3n) is 12.0. The van der Waals surface area contributed by atoms with Gasteiger partial charge in [-0.2, -0.15) is 0 Å². The zero-order valence-electron chi connectivity index (χ0n) is 38.2. The van der Waals surface area contributed by atoms with E-state index in [0.717, 1.165) is 38.5 Å². The van der Waals surface area contributed by atoms with Crippen LogP contribution in [0, 0.1) is 0 Å². The molecule has 1 aromatic rings. The highest BCUT2D eigenvalue weighted by Gasteiger charge is 2.40. The maximum absolute atomic E-state index is 12.9. The van der Waals surface area contributed by atoms with E-state index >= 15 is 0 Å². The first-order chi connectivity index (χ1) is 29.1. The van der Waals surface area contributed by atoms with Crippen molar-refractivity contribution in [2.45, 2.75) is 220 Å². The van der Waals surface area contributed by atoms with Gasteiger partial charge in [-0.1, -0.05) is 174 Å². The average molecular weight is 839 g/mol. The van der Waals surface area contributed by atoms with Crippen molar-refractivity contribution < 1.29 is 38.9 Å². The summed E-state index contributed by atoms with van der Waals surface area (Å²) in [4.78, 5) is 56.9. The Morgan fingerprint density at radius 1 is 0.567 bits per heavy atom. The predicted molar refractivity (Wildman–Crippen MR) is 241 cm³/mol. The second-order valence-electron chi connectivity index (χ2n) is 16.9. The quantitative estimate of drug-likeness (QED) is 0.0491. The number of unbranched alkanes of at least 4 members (excludes halogenated alkanes) is 24. The van der Waals surface area contributed by atoms with Gasteiger partial charge in [-0.3, -0.25) is 14.6 Å². The van der Waals surface area contributed by atoms with E-state index in [2.05, 4.69) is 18.8 Å². The summed E-state index contributed by atoms with van der Waals surface area (Å²) in [6.07, 6.45) is 34.3. The topological polar surface area (TPSA) is 143 Å². The van der Waals surface area contributed by atoms with E-state index in [-0.39, 0.29) is 49.3 Å². The van der Waals surface area contributed by atoms with Crippen LogP contribution in [0.2, 0.25) is 0 Å². The van der Waals surface area contributed by atoms with E-state index in [1.54, 1.807) is 37.1 Å². The highest BCUT2D eigenvalue weighted by Crippen LogP contribution is 2.43. The van der Waals surface area contributed by atoms with Gasteiger partial charge >= 0.3 is 23.9 Å². The molecule has 0 radical (unpaired) electrons. The number of aliphatic carboxylic acids is 2. The van der Waals surface area contributed by atoms with Crippen LogP contribution in [0.4, 0.5) is 0 Å². The molecule has 0 saturated heterocycles. The average Bonchev–Trinajstić information content (AvgIpc) is 3.22. The number of rotatable bonds is 37. The van der Waals surface area contributed by atoms with Crippen LogP contribution in [0.15, 0.2) is 40.9 Å². The summed E-state index contributed by atoms with van der Waals surface area (Å²) >= 11 is 0. The number of ether oxygens (including phenoxy) is 2. The first-order valence-electron chi connectivity index (χ1n) is 24.0. The summed E-state index contributed by atoms with van der Waals surface area (Å²) in [6.45, 7) is 7.98. The molecule has 2 heterocycles. The lowest BCUT2D eigenvalue weighted by Crippen LogP contribution is -2.36. The van der Waals surface area contributed by atoms with Crippen LogP contribution in [0.3, 0.4) is 0 Å². The minimum absolute atomic E-state index is 0.000753. The fourth-order valence-electron chi connectivity index (χ4n) is 8.46. The molecule has 2 rings (SSSR count). The van der Waals surface area contributed by atoms with Crippen LogP contribution in [-0.2, 0) is 35.1 Å².